The zero-order valence-corrected chi connectivity index (χ0v) is 11.7. The molecule has 0 aliphatic carbocycles. The second-order valence-electron chi connectivity index (χ2n) is 4.96. The van der Waals surface area contributed by atoms with Gasteiger partial charge in [0.25, 0.3) is 0 Å². The normalized spacial score (nSPS) is 12.8. The molecule has 0 saturated carbocycles. The molecular weight excluding hydrogens is 210 g/mol. The van der Waals surface area contributed by atoms with Crippen LogP contribution in [-0.2, 0) is 0 Å². The van der Waals surface area contributed by atoms with E-state index in [9.17, 15) is 0 Å². The van der Waals surface area contributed by atoms with E-state index >= 15 is 0 Å². The van der Waals surface area contributed by atoms with Crippen molar-refractivity contribution in [3.05, 3.63) is 29.3 Å². The van der Waals surface area contributed by atoms with Gasteiger partial charge in [-0.05, 0) is 43.5 Å². The Kier molecular flexibility index (Phi) is 5.49. The SMILES string of the molecule is CCC(CNC(C)C)Oc1ccc(C)c(C)c1. The second-order valence-corrected chi connectivity index (χ2v) is 4.96. The van der Waals surface area contributed by atoms with Crippen molar-refractivity contribution < 1.29 is 4.74 Å². The monoisotopic (exact) mass is 235 g/mol. The van der Waals surface area contributed by atoms with Gasteiger partial charge in [-0.2, -0.15) is 0 Å². The maximum Gasteiger partial charge on any atom is 0.120 e. The number of rotatable bonds is 6. The quantitative estimate of drug-likeness (QED) is 0.815. The zero-order valence-electron chi connectivity index (χ0n) is 11.7. The summed E-state index contributed by atoms with van der Waals surface area (Å²) >= 11 is 0. The Morgan fingerprint density at radius 2 is 1.88 bits per heavy atom. The van der Waals surface area contributed by atoms with Crippen molar-refractivity contribution in [1.29, 1.82) is 0 Å². The predicted octanol–water partition coefficient (Wildman–Crippen LogP) is 3.46. The Balaban J connectivity index is 2.57. The fourth-order valence-corrected chi connectivity index (χ4v) is 1.62. The van der Waals surface area contributed by atoms with Gasteiger partial charge >= 0.3 is 0 Å². The van der Waals surface area contributed by atoms with Crippen LogP contribution in [0.4, 0.5) is 0 Å². The number of aryl methyl sites for hydroxylation is 2. The molecule has 1 atom stereocenters. The predicted molar refractivity (Wildman–Crippen MR) is 73.8 cm³/mol. The first-order valence-corrected chi connectivity index (χ1v) is 6.50. The van der Waals surface area contributed by atoms with Crippen LogP contribution in [0, 0.1) is 13.8 Å². The molecule has 0 aliphatic rings. The molecule has 1 aromatic rings. The van der Waals surface area contributed by atoms with Crippen molar-refractivity contribution in [2.75, 3.05) is 6.54 Å². The lowest BCUT2D eigenvalue weighted by molar-refractivity contribution is 0.190. The molecule has 0 spiro atoms. The van der Waals surface area contributed by atoms with Gasteiger partial charge in [0.2, 0.25) is 0 Å². The van der Waals surface area contributed by atoms with Crippen LogP contribution in [-0.4, -0.2) is 18.7 Å². The summed E-state index contributed by atoms with van der Waals surface area (Å²) in [6, 6.07) is 6.80. The van der Waals surface area contributed by atoms with E-state index in [2.05, 4.69) is 58.1 Å². The highest BCUT2D eigenvalue weighted by Gasteiger charge is 2.09. The summed E-state index contributed by atoms with van der Waals surface area (Å²) in [6.07, 6.45) is 1.27. The second kappa shape index (κ2) is 6.65. The Hall–Kier alpha value is -1.02. The van der Waals surface area contributed by atoms with Crippen LogP contribution >= 0.6 is 0 Å². The topological polar surface area (TPSA) is 21.3 Å². The average Bonchev–Trinajstić information content (AvgIpc) is 2.28. The minimum absolute atomic E-state index is 0.250. The number of nitrogens with one attached hydrogen (secondary N) is 1. The van der Waals surface area contributed by atoms with E-state index in [1.54, 1.807) is 0 Å². The third kappa shape index (κ3) is 4.78. The molecule has 2 heteroatoms. The number of hydrogen-bond donors (Lipinski definition) is 1. The molecule has 1 aromatic carbocycles. The Morgan fingerprint density at radius 3 is 2.41 bits per heavy atom. The number of benzene rings is 1. The summed E-state index contributed by atoms with van der Waals surface area (Å²) < 4.78 is 5.99. The third-order valence-corrected chi connectivity index (χ3v) is 2.99. The van der Waals surface area contributed by atoms with Crippen LogP contribution in [0.2, 0.25) is 0 Å². The molecule has 96 valence electrons. The smallest absolute Gasteiger partial charge is 0.120 e. The third-order valence-electron chi connectivity index (χ3n) is 2.99. The fraction of sp³-hybridized carbons (Fsp3) is 0.600. The van der Waals surface area contributed by atoms with Crippen molar-refractivity contribution in [2.24, 2.45) is 0 Å². The minimum atomic E-state index is 0.250. The standard InChI is InChI=1S/C15H25NO/c1-6-14(10-16-11(2)3)17-15-8-7-12(4)13(5)9-15/h7-9,11,14,16H,6,10H2,1-5H3. The van der Waals surface area contributed by atoms with E-state index in [0.29, 0.717) is 6.04 Å². The first kappa shape index (κ1) is 14.0. The Labute approximate surface area is 105 Å². The van der Waals surface area contributed by atoms with E-state index in [1.165, 1.54) is 11.1 Å². The van der Waals surface area contributed by atoms with E-state index in [-0.39, 0.29) is 6.10 Å². The number of ether oxygens (including phenoxy) is 1. The van der Waals surface area contributed by atoms with Gasteiger partial charge in [-0.1, -0.05) is 26.8 Å². The summed E-state index contributed by atoms with van der Waals surface area (Å²) in [6.45, 7) is 11.6. The maximum absolute atomic E-state index is 5.99. The largest absolute Gasteiger partial charge is 0.489 e. The van der Waals surface area contributed by atoms with Crippen molar-refractivity contribution >= 4 is 0 Å². The Bertz CT molecular complexity index is 347. The lowest BCUT2D eigenvalue weighted by atomic mass is 10.1. The molecular formula is C15H25NO. The van der Waals surface area contributed by atoms with Crippen LogP contribution < -0.4 is 10.1 Å². The van der Waals surface area contributed by atoms with Crippen LogP contribution in [0.25, 0.3) is 0 Å². The molecule has 1 N–H and O–H groups in total. The fourth-order valence-electron chi connectivity index (χ4n) is 1.62. The summed E-state index contributed by atoms with van der Waals surface area (Å²) in [5, 5.41) is 3.42. The maximum atomic E-state index is 5.99. The average molecular weight is 235 g/mol. The highest BCUT2D eigenvalue weighted by Crippen LogP contribution is 2.18. The van der Waals surface area contributed by atoms with E-state index in [1.807, 2.05) is 0 Å². The van der Waals surface area contributed by atoms with Crippen molar-refractivity contribution in [3.63, 3.8) is 0 Å². The van der Waals surface area contributed by atoms with Gasteiger partial charge in [0.15, 0.2) is 0 Å². The first-order chi connectivity index (χ1) is 8.02. The van der Waals surface area contributed by atoms with E-state index in [4.69, 9.17) is 4.74 Å². The molecule has 1 unspecified atom stereocenters. The molecule has 0 fully saturated rings. The van der Waals surface area contributed by atoms with Crippen LogP contribution in [0.1, 0.15) is 38.3 Å². The first-order valence-electron chi connectivity index (χ1n) is 6.50. The van der Waals surface area contributed by atoms with Gasteiger partial charge in [-0.3, -0.25) is 0 Å². The lowest BCUT2D eigenvalue weighted by Gasteiger charge is -2.20. The molecule has 0 bridgehead atoms. The van der Waals surface area contributed by atoms with Crippen molar-refractivity contribution in [2.45, 2.75) is 53.2 Å². The summed E-state index contributed by atoms with van der Waals surface area (Å²) in [7, 11) is 0. The molecule has 1 rings (SSSR count). The Morgan fingerprint density at radius 1 is 1.18 bits per heavy atom. The molecule has 0 radical (unpaired) electrons. The van der Waals surface area contributed by atoms with Crippen LogP contribution in [0.5, 0.6) is 5.75 Å². The van der Waals surface area contributed by atoms with Gasteiger partial charge in [0, 0.05) is 12.6 Å². The van der Waals surface area contributed by atoms with Gasteiger partial charge in [0.05, 0.1) is 0 Å². The highest BCUT2D eigenvalue weighted by atomic mass is 16.5. The lowest BCUT2D eigenvalue weighted by Crippen LogP contribution is -2.34. The van der Waals surface area contributed by atoms with Crippen molar-refractivity contribution in [1.82, 2.24) is 5.32 Å². The molecule has 0 aromatic heterocycles. The van der Waals surface area contributed by atoms with Gasteiger partial charge in [0.1, 0.15) is 11.9 Å². The highest BCUT2D eigenvalue weighted by molar-refractivity contribution is 5.33. The molecule has 0 saturated heterocycles. The molecule has 2 nitrogen and oxygen atoms in total. The van der Waals surface area contributed by atoms with Crippen molar-refractivity contribution in [3.8, 4) is 5.75 Å². The molecule has 0 heterocycles. The summed E-state index contributed by atoms with van der Waals surface area (Å²) in [5.74, 6) is 0.977. The van der Waals surface area contributed by atoms with Gasteiger partial charge in [-0.25, -0.2) is 0 Å². The van der Waals surface area contributed by atoms with Gasteiger partial charge < -0.3 is 10.1 Å². The minimum Gasteiger partial charge on any atom is -0.489 e. The molecule has 0 amide bonds. The summed E-state index contributed by atoms with van der Waals surface area (Å²) in [5.41, 5.74) is 2.60. The van der Waals surface area contributed by atoms with E-state index < -0.39 is 0 Å². The summed E-state index contributed by atoms with van der Waals surface area (Å²) in [4.78, 5) is 0. The van der Waals surface area contributed by atoms with Crippen LogP contribution in [0.15, 0.2) is 18.2 Å². The van der Waals surface area contributed by atoms with Gasteiger partial charge in [-0.15, -0.1) is 0 Å². The molecule has 17 heavy (non-hydrogen) atoms. The number of hydrogen-bond acceptors (Lipinski definition) is 2. The van der Waals surface area contributed by atoms with E-state index in [0.717, 1.165) is 18.7 Å². The molecule has 0 aliphatic heterocycles. The zero-order chi connectivity index (χ0) is 12.8. The van der Waals surface area contributed by atoms with Crippen LogP contribution in [0.3, 0.4) is 0 Å².